The van der Waals surface area contributed by atoms with E-state index in [1.54, 1.807) is 10.9 Å². The molecule has 0 spiro atoms. The summed E-state index contributed by atoms with van der Waals surface area (Å²) in [6.45, 7) is 3.22. The summed E-state index contributed by atoms with van der Waals surface area (Å²) in [6, 6.07) is 5.11. The largest absolute Gasteiger partial charge is 0.416 e. The van der Waals surface area contributed by atoms with Crippen molar-refractivity contribution in [3.8, 4) is 0 Å². The zero-order valence-corrected chi connectivity index (χ0v) is 13.6. The highest BCUT2D eigenvalue weighted by Crippen LogP contribution is 2.29. The highest BCUT2D eigenvalue weighted by molar-refractivity contribution is 5.24. The smallest absolute Gasteiger partial charge is 0.391 e. The van der Waals surface area contributed by atoms with Gasteiger partial charge in [-0.2, -0.15) is 18.3 Å². The zero-order chi connectivity index (χ0) is 17.9. The first-order valence-corrected chi connectivity index (χ1v) is 8.19. The topological polar surface area (TPSA) is 62.1 Å². The Labute approximate surface area is 143 Å². The first-order valence-electron chi connectivity index (χ1n) is 8.19. The molecule has 2 unspecified atom stereocenters. The Balaban J connectivity index is 1.49. The molecule has 25 heavy (non-hydrogen) atoms. The number of rotatable bonds is 6. The molecule has 0 amide bonds. The minimum atomic E-state index is -4.31. The van der Waals surface area contributed by atoms with E-state index in [9.17, 15) is 18.3 Å². The van der Waals surface area contributed by atoms with Crippen molar-refractivity contribution in [1.29, 1.82) is 0 Å². The molecule has 1 aromatic carbocycles. The third-order valence-electron chi connectivity index (χ3n) is 4.35. The molecule has 1 saturated heterocycles. The maximum absolute atomic E-state index is 12.6. The summed E-state index contributed by atoms with van der Waals surface area (Å²) in [5.74, 6) is 0.210. The van der Waals surface area contributed by atoms with Crippen LogP contribution in [0.4, 0.5) is 13.2 Å². The molecule has 3 rings (SSSR count). The second-order valence-corrected chi connectivity index (χ2v) is 6.36. The van der Waals surface area contributed by atoms with E-state index in [0.29, 0.717) is 19.6 Å². The minimum Gasteiger partial charge on any atom is -0.391 e. The van der Waals surface area contributed by atoms with Crippen LogP contribution in [0.15, 0.2) is 36.7 Å². The van der Waals surface area contributed by atoms with Crippen LogP contribution in [0.1, 0.15) is 16.7 Å². The normalized spacial score (nSPS) is 21.0. The Kier molecular flexibility index (Phi) is 5.41. The number of aliphatic hydroxyl groups excluding tert-OH is 1. The van der Waals surface area contributed by atoms with Gasteiger partial charge in [-0.05, 0) is 17.7 Å². The molecule has 8 heteroatoms. The van der Waals surface area contributed by atoms with Gasteiger partial charge in [0.05, 0.1) is 24.4 Å². The van der Waals surface area contributed by atoms with Crippen molar-refractivity contribution >= 4 is 0 Å². The lowest BCUT2D eigenvalue weighted by Gasteiger charge is -2.13. The molecule has 1 aliphatic heterocycles. The van der Waals surface area contributed by atoms with Gasteiger partial charge in [-0.3, -0.25) is 4.68 Å². The fourth-order valence-electron chi connectivity index (χ4n) is 2.90. The number of nitrogens with zero attached hydrogens (tertiary/aromatic N) is 2. The van der Waals surface area contributed by atoms with E-state index >= 15 is 0 Å². The van der Waals surface area contributed by atoms with Crippen LogP contribution in [0.2, 0.25) is 0 Å². The zero-order valence-electron chi connectivity index (χ0n) is 13.6. The minimum absolute atomic E-state index is 0.210. The van der Waals surface area contributed by atoms with Gasteiger partial charge in [-0.15, -0.1) is 0 Å². The number of nitrogens with one attached hydrogen (secondary N) is 2. The van der Waals surface area contributed by atoms with Crippen LogP contribution in [-0.4, -0.2) is 40.6 Å². The standard InChI is InChI=1S/C17H21F3N4O/c18-17(19,20)15-3-1-12(2-4-15)10-24-11-13(6-23-24)5-21-7-14-8-22-9-16(14)25/h1-4,6,11,14,16,21-22,25H,5,7-10H2. The van der Waals surface area contributed by atoms with Gasteiger partial charge in [-0.1, -0.05) is 12.1 Å². The molecule has 0 saturated carbocycles. The molecule has 136 valence electrons. The van der Waals surface area contributed by atoms with Crippen molar-refractivity contribution in [2.24, 2.45) is 5.92 Å². The van der Waals surface area contributed by atoms with E-state index in [4.69, 9.17) is 0 Å². The molecule has 2 atom stereocenters. The number of β-amino-alcohol motifs (C(OH)–C–C–N with tert-alkyl or cyclic N) is 1. The summed E-state index contributed by atoms with van der Waals surface area (Å²) >= 11 is 0. The quantitative estimate of drug-likeness (QED) is 0.738. The average molecular weight is 354 g/mol. The Morgan fingerprint density at radius 3 is 2.60 bits per heavy atom. The summed E-state index contributed by atoms with van der Waals surface area (Å²) in [6.07, 6.45) is -1.02. The van der Waals surface area contributed by atoms with Gasteiger partial charge in [0, 0.05) is 43.9 Å². The summed E-state index contributed by atoms with van der Waals surface area (Å²) in [5.41, 5.74) is 1.10. The maximum Gasteiger partial charge on any atom is 0.416 e. The lowest BCUT2D eigenvalue weighted by atomic mass is 10.1. The Morgan fingerprint density at radius 2 is 1.96 bits per heavy atom. The van der Waals surface area contributed by atoms with E-state index in [0.717, 1.165) is 36.3 Å². The average Bonchev–Trinajstić information content (AvgIpc) is 3.17. The lowest BCUT2D eigenvalue weighted by molar-refractivity contribution is -0.137. The van der Waals surface area contributed by atoms with Crippen molar-refractivity contribution in [3.05, 3.63) is 53.3 Å². The van der Waals surface area contributed by atoms with Gasteiger partial charge in [-0.25, -0.2) is 0 Å². The predicted octanol–water partition coefficient (Wildman–Crippen LogP) is 1.62. The molecule has 1 aliphatic rings. The first-order chi connectivity index (χ1) is 11.9. The van der Waals surface area contributed by atoms with Gasteiger partial charge in [0.1, 0.15) is 0 Å². The molecule has 0 aliphatic carbocycles. The molecule has 2 heterocycles. The fraction of sp³-hybridized carbons (Fsp3) is 0.471. The molecular formula is C17H21F3N4O. The van der Waals surface area contributed by atoms with Crippen LogP contribution in [0, 0.1) is 5.92 Å². The van der Waals surface area contributed by atoms with Crippen molar-refractivity contribution < 1.29 is 18.3 Å². The van der Waals surface area contributed by atoms with Gasteiger partial charge in [0.15, 0.2) is 0 Å². The predicted molar refractivity (Wildman–Crippen MR) is 86.8 cm³/mol. The fourth-order valence-corrected chi connectivity index (χ4v) is 2.90. The summed E-state index contributed by atoms with van der Waals surface area (Å²) in [4.78, 5) is 0. The molecule has 1 aromatic heterocycles. The van der Waals surface area contributed by atoms with Gasteiger partial charge in [0.25, 0.3) is 0 Å². The highest BCUT2D eigenvalue weighted by Gasteiger charge is 2.29. The van der Waals surface area contributed by atoms with Crippen LogP contribution in [0.25, 0.3) is 0 Å². The number of hydrogen-bond donors (Lipinski definition) is 3. The monoisotopic (exact) mass is 354 g/mol. The SMILES string of the molecule is OC1CNCC1CNCc1cnn(Cc2ccc(C(F)(F)F)cc2)c1. The highest BCUT2D eigenvalue weighted by atomic mass is 19.4. The second-order valence-electron chi connectivity index (χ2n) is 6.36. The van der Waals surface area contributed by atoms with E-state index in [2.05, 4.69) is 15.7 Å². The lowest BCUT2D eigenvalue weighted by Crippen LogP contribution is -2.30. The van der Waals surface area contributed by atoms with E-state index in [-0.39, 0.29) is 12.0 Å². The van der Waals surface area contributed by atoms with Crippen LogP contribution in [0.5, 0.6) is 0 Å². The maximum atomic E-state index is 12.6. The Bertz CT molecular complexity index is 684. The van der Waals surface area contributed by atoms with E-state index in [1.165, 1.54) is 12.1 Å². The third-order valence-corrected chi connectivity index (χ3v) is 4.35. The number of aliphatic hydroxyl groups is 1. The van der Waals surface area contributed by atoms with Crippen LogP contribution >= 0.6 is 0 Å². The molecule has 5 nitrogen and oxygen atoms in total. The third kappa shape index (κ3) is 4.81. The van der Waals surface area contributed by atoms with Gasteiger partial charge in [0.2, 0.25) is 0 Å². The number of halogens is 3. The molecule has 0 bridgehead atoms. The van der Waals surface area contributed by atoms with Crippen LogP contribution in [0.3, 0.4) is 0 Å². The second kappa shape index (κ2) is 7.55. The number of alkyl halides is 3. The van der Waals surface area contributed by atoms with Gasteiger partial charge < -0.3 is 15.7 Å². The molecule has 2 aromatic rings. The Morgan fingerprint density at radius 1 is 1.20 bits per heavy atom. The number of hydrogen-bond acceptors (Lipinski definition) is 4. The first kappa shape index (κ1) is 17.9. The van der Waals surface area contributed by atoms with Gasteiger partial charge >= 0.3 is 6.18 Å². The van der Waals surface area contributed by atoms with Crippen LogP contribution < -0.4 is 10.6 Å². The number of aromatic nitrogens is 2. The summed E-state index contributed by atoms with van der Waals surface area (Å²) in [7, 11) is 0. The Hall–Kier alpha value is -1.90. The number of benzene rings is 1. The summed E-state index contributed by atoms with van der Waals surface area (Å²) < 4.78 is 39.4. The van der Waals surface area contributed by atoms with Crippen molar-refractivity contribution in [2.45, 2.75) is 25.4 Å². The van der Waals surface area contributed by atoms with Crippen LogP contribution in [-0.2, 0) is 19.3 Å². The molecule has 3 N–H and O–H groups in total. The van der Waals surface area contributed by atoms with E-state index in [1.807, 2.05) is 6.20 Å². The summed E-state index contributed by atoms with van der Waals surface area (Å²) in [5, 5.41) is 20.4. The molecule has 0 radical (unpaired) electrons. The van der Waals surface area contributed by atoms with Crippen molar-refractivity contribution in [1.82, 2.24) is 20.4 Å². The van der Waals surface area contributed by atoms with Crippen molar-refractivity contribution in [2.75, 3.05) is 19.6 Å². The molecule has 1 fully saturated rings. The van der Waals surface area contributed by atoms with Crippen molar-refractivity contribution in [3.63, 3.8) is 0 Å². The molecular weight excluding hydrogens is 333 g/mol. The van der Waals surface area contributed by atoms with E-state index < -0.39 is 11.7 Å².